The molecule has 1 aliphatic heterocycles. The van der Waals surface area contributed by atoms with Crippen LogP contribution in [0.1, 0.15) is 12.5 Å². The molecule has 7 nitrogen and oxygen atoms in total. The van der Waals surface area contributed by atoms with Gasteiger partial charge in [-0.1, -0.05) is 17.7 Å². The van der Waals surface area contributed by atoms with Crippen LogP contribution in [-0.4, -0.2) is 70.9 Å². The van der Waals surface area contributed by atoms with Gasteiger partial charge in [0.1, 0.15) is 6.04 Å². The van der Waals surface area contributed by atoms with E-state index in [1.54, 1.807) is 25.1 Å². The van der Waals surface area contributed by atoms with Crippen molar-refractivity contribution in [1.82, 2.24) is 10.2 Å². The summed E-state index contributed by atoms with van der Waals surface area (Å²) in [5, 5.41) is 3.27. The molecule has 0 bridgehead atoms. The summed E-state index contributed by atoms with van der Waals surface area (Å²) in [5.74, 6) is -0.347. The first-order valence-electron chi connectivity index (χ1n) is 8.53. The van der Waals surface area contributed by atoms with Crippen LogP contribution in [0.4, 0.5) is 5.69 Å². The highest BCUT2D eigenvalue weighted by atomic mass is 35.5. The van der Waals surface area contributed by atoms with Crippen LogP contribution >= 0.6 is 11.6 Å². The zero-order chi connectivity index (χ0) is 19.3. The number of halogens is 1. The van der Waals surface area contributed by atoms with Crippen LogP contribution in [0.15, 0.2) is 18.2 Å². The summed E-state index contributed by atoms with van der Waals surface area (Å²) in [5.41, 5.74) is 1.21. The summed E-state index contributed by atoms with van der Waals surface area (Å²) >= 11 is 6.12. The number of carbonyl (C=O) groups excluding carboxylic acids is 1. The Morgan fingerprint density at radius 1 is 1.38 bits per heavy atom. The van der Waals surface area contributed by atoms with Crippen molar-refractivity contribution in [1.29, 1.82) is 0 Å². The summed E-state index contributed by atoms with van der Waals surface area (Å²) in [6.07, 6.45) is 1.08. The molecule has 1 atom stereocenters. The number of amides is 1. The molecule has 1 N–H and O–H groups in total. The number of nitrogens with one attached hydrogen (secondary N) is 1. The van der Waals surface area contributed by atoms with Gasteiger partial charge in [-0.05, 0) is 31.5 Å². The molecule has 0 spiro atoms. The highest BCUT2D eigenvalue weighted by Gasteiger charge is 2.29. The fraction of sp³-hybridized carbons (Fsp3) is 0.588. The summed E-state index contributed by atoms with van der Waals surface area (Å²) < 4.78 is 30.9. The van der Waals surface area contributed by atoms with E-state index in [9.17, 15) is 13.2 Å². The Bertz CT molecular complexity index is 736. The van der Waals surface area contributed by atoms with Crippen molar-refractivity contribution < 1.29 is 17.9 Å². The molecule has 1 fully saturated rings. The van der Waals surface area contributed by atoms with Crippen LogP contribution in [0, 0.1) is 6.92 Å². The van der Waals surface area contributed by atoms with Gasteiger partial charge in [0, 0.05) is 31.2 Å². The maximum absolute atomic E-state index is 12.5. The average Bonchev–Trinajstić information content (AvgIpc) is 2.58. The number of sulfonamides is 1. The third-order valence-electron chi connectivity index (χ3n) is 4.33. The van der Waals surface area contributed by atoms with Gasteiger partial charge in [-0.3, -0.25) is 14.0 Å². The Hall–Kier alpha value is -1.35. The van der Waals surface area contributed by atoms with Gasteiger partial charge in [-0.2, -0.15) is 0 Å². The smallest absolute Gasteiger partial charge is 0.243 e. The van der Waals surface area contributed by atoms with Crippen molar-refractivity contribution in [3.05, 3.63) is 28.8 Å². The molecule has 0 aromatic heterocycles. The summed E-state index contributed by atoms with van der Waals surface area (Å²) in [6, 6.07) is 4.07. The van der Waals surface area contributed by atoms with Crippen LogP contribution in [0.5, 0.6) is 0 Å². The molecule has 1 saturated heterocycles. The number of nitrogens with zero attached hydrogens (tertiary/aromatic N) is 2. The Kier molecular flexibility index (Phi) is 7.28. The second-order valence-corrected chi connectivity index (χ2v) is 8.68. The number of anilines is 1. The molecule has 0 radical (unpaired) electrons. The monoisotopic (exact) mass is 403 g/mol. The van der Waals surface area contributed by atoms with Crippen LogP contribution in [0.25, 0.3) is 0 Å². The van der Waals surface area contributed by atoms with E-state index in [0.29, 0.717) is 37.0 Å². The lowest BCUT2D eigenvalue weighted by Crippen LogP contribution is -2.49. The SMILES string of the molecule is Cc1ccc(N([C@H](C)C(=O)NCCN2CCOCC2)S(C)(=O)=O)cc1Cl. The lowest BCUT2D eigenvalue weighted by atomic mass is 10.2. The van der Waals surface area contributed by atoms with Crippen LogP contribution in [0.2, 0.25) is 5.02 Å². The largest absolute Gasteiger partial charge is 0.379 e. The lowest BCUT2D eigenvalue weighted by Gasteiger charge is -2.29. The second kappa shape index (κ2) is 9.03. The molecular formula is C17H26ClN3O4S. The summed E-state index contributed by atoms with van der Waals surface area (Å²) in [6.45, 7) is 7.62. The molecule has 1 amide bonds. The van der Waals surface area contributed by atoms with Crippen molar-refractivity contribution in [2.24, 2.45) is 0 Å². The van der Waals surface area contributed by atoms with E-state index in [4.69, 9.17) is 16.3 Å². The number of benzene rings is 1. The van der Waals surface area contributed by atoms with Gasteiger partial charge in [-0.25, -0.2) is 8.42 Å². The van der Waals surface area contributed by atoms with Gasteiger partial charge in [0.25, 0.3) is 0 Å². The fourth-order valence-corrected chi connectivity index (χ4v) is 4.18. The van der Waals surface area contributed by atoms with E-state index in [2.05, 4.69) is 10.2 Å². The number of aryl methyl sites for hydroxylation is 1. The number of ether oxygens (including phenoxy) is 1. The Balaban J connectivity index is 2.04. The van der Waals surface area contributed by atoms with E-state index in [1.165, 1.54) is 0 Å². The molecule has 0 unspecified atom stereocenters. The minimum absolute atomic E-state index is 0.347. The topological polar surface area (TPSA) is 79.0 Å². The second-order valence-electron chi connectivity index (χ2n) is 6.41. The van der Waals surface area contributed by atoms with Gasteiger partial charge in [-0.15, -0.1) is 0 Å². The normalized spacial score (nSPS) is 16.9. The molecule has 1 aromatic carbocycles. The van der Waals surface area contributed by atoms with E-state index in [1.807, 2.05) is 6.92 Å². The van der Waals surface area contributed by atoms with Gasteiger partial charge in [0.15, 0.2) is 0 Å². The first-order chi connectivity index (χ1) is 12.2. The standard InChI is InChI=1S/C17H26ClN3O4S/c1-13-4-5-15(12-16(13)18)21(26(3,23)24)14(2)17(22)19-6-7-20-8-10-25-11-9-20/h4-5,12,14H,6-11H2,1-3H3,(H,19,22)/t14-/m1/s1. The predicted octanol–water partition coefficient (Wildman–Crippen LogP) is 1.25. The average molecular weight is 404 g/mol. The summed E-state index contributed by atoms with van der Waals surface area (Å²) in [7, 11) is -3.65. The third-order valence-corrected chi connectivity index (χ3v) is 5.98. The molecule has 9 heteroatoms. The maximum atomic E-state index is 12.5. The van der Waals surface area contributed by atoms with E-state index in [-0.39, 0.29) is 5.91 Å². The van der Waals surface area contributed by atoms with Crippen molar-refractivity contribution in [2.45, 2.75) is 19.9 Å². The number of hydrogen-bond acceptors (Lipinski definition) is 5. The lowest BCUT2D eigenvalue weighted by molar-refractivity contribution is -0.121. The molecule has 2 rings (SSSR count). The predicted molar refractivity (Wildman–Crippen MR) is 103 cm³/mol. The van der Waals surface area contributed by atoms with Crippen molar-refractivity contribution in [2.75, 3.05) is 50.0 Å². The highest BCUT2D eigenvalue weighted by Crippen LogP contribution is 2.26. The van der Waals surface area contributed by atoms with Crippen molar-refractivity contribution in [3.63, 3.8) is 0 Å². The Labute approximate surface area is 160 Å². The number of morpholine rings is 1. The molecule has 0 saturated carbocycles. The minimum Gasteiger partial charge on any atom is -0.379 e. The van der Waals surface area contributed by atoms with Crippen LogP contribution < -0.4 is 9.62 Å². The van der Waals surface area contributed by atoms with E-state index >= 15 is 0 Å². The molecule has 0 aliphatic carbocycles. The molecule has 1 aromatic rings. The van der Waals surface area contributed by atoms with E-state index in [0.717, 1.165) is 29.2 Å². The Morgan fingerprint density at radius 2 is 2.04 bits per heavy atom. The van der Waals surface area contributed by atoms with E-state index < -0.39 is 16.1 Å². The van der Waals surface area contributed by atoms with Gasteiger partial charge >= 0.3 is 0 Å². The van der Waals surface area contributed by atoms with Crippen molar-refractivity contribution >= 4 is 33.2 Å². The molecule has 146 valence electrons. The zero-order valence-electron chi connectivity index (χ0n) is 15.4. The molecule has 1 heterocycles. The Morgan fingerprint density at radius 3 is 2.62 bits per heavy atom. The van der Waals surface area contributed by atoms with Crippen LogP contribution in [0.3, 0.4) is 0 Å². The first kappa shape index (κ1) is 21.0. The first-order valence-corrected chi connectivity index (χ1v) is 10.8. The molecule has 1 aliphatic rings. The van der Waals surface area contributed by atoms with Crippen LogP contribution in [-0.2, 0) is 19.6 Å². The van der Waals surface area contributed by atoms with Gasteiger partial charge in [0.2, 0.25) is 15.9 Å². The molecular weight excluding hydrogens is 378 g/mol. The summed E-state index contributed by atoms with van der Waals surface area (Å²) in [4.78, 5) is 14.7. The zero-order valence-corrected chi connectivity index (χ0v) is 16.9. The number of carbonyl (C=O) groups is 1. The maximum Gasteiger partial charge on any atom is 0.243 e. The molecule has 26 heavy (non-hydrogen) atoms. The fourth-order valence-electron chi connectivity index (χ4n) is 2.84. The van der Waals surface area contributed by atoms with Gasteiger partial charge < -0.3 is 10.1 Å². The minimum atomic E-state index is -3.65. The number of rotatable bonds is 7. The van der Waals surface area contributed by atoms with Gasteiger partial charge in [0.05, 0.1) is 25.2 Å². The quantitative estimate of drug-likeness (QED) is 0.741. The van der Waals surface area contributed by atoms with Crippen molar-refractivity contribution in [3.8, 4) is 0 Å². The number of hydrogen-bond donors (Lipinski definition) is 1. The highest BCUT2D eigenvalue weighted by molar-refractivity contribution is 7.92. The third kappa shape index (κ3) is 5.57.